The van der Waals surface area contributed by atoms with Gasteiger partial charge in [0.05, 0.1) is 16.9 Å². The van der Waals surface area contributed by atoms with Gasteiger partial charge in [-0.1, -0.05) is 34.6 Å². The van der Waals surface area contributed by atoms with Gasteiger partial charge < -0.3 is 4.74 Å². The van der Waals surface area contributed by atoms with E-state index in [1.807, 2.05) is 55.4 Å². The Morgan fingerprint density at radius 3 is 1.67 bits per heavy atom. The van der Waals surface area contributed by atoms with E-state index in [1.165, 1.54) is 4.68 Å². The number of hydrogen-bond donors (Lipinski definition) is 0. The van der Waals surface area contributed by atoms with Crippen molar-refractivity contribution >= 4 is 13.8 Å². The van der Waals surface area contributed by atoms with Crippen LogP contribution in [0.3, 0.4) is 0 Å². The zero-order chi connectivity index (χ0) is 26.2. The number of phosphoric acid groups is 1. The molecular formula is C24H45N2O6P. The summed E-state index contributed by atoms with van der Waals surface area (Å²) in [6.07, 6.45) is 0. The van der Waals surface area contributed by atoms with E-state index < -0.39 is 30.6 Å². The first-order chi connectivity index (χ1) is 14.4. The molecule has 0 unspecified atom stereocenters. The monoisotopic (exact) mass is 488 g/mol. The van der Waals surface area contributed by atoms with Crippen LogP contribution in [-0.2, 0) is 35.0 Å². The molecule has 0 radical (unpaired) electrons. The van der Waals surface area contributed by atoms with Crippen LogP contribution in [0.25, 0.3) is 0 Å². The van der Waals surface area contributed by atoms with Crippen LogP contribution < -0.4 is 0 Å². The molecule has 1 rings (SSSR count). The summed E-state index contributed by atoms with van der Waals surface area (Å²) in [4.78, 5) is 13.3. The first-order valence-corrected chi connectivity index (χ1v) is 12.9. The van der Waals surface area contributed by atoms with Crippen molar-refractivity contribution in [2.24, 2.45) is 0 Å². The molecule has 0 aromatic carbocycles. The lowest BCUT2D eigenvalue weighted by Gasteiger charge is -2.31. The quantitative estimate of drug-likeness (QED) is 0.302. The maximum atomic E-state index is 13.5. The van der Waals surface area contributed by atoms with Gasteiger partial charge in [-0.15, -0.1) is 0 Å². The average molecular weight is 489 g/mol. The fraction of sp³-hybridized carbons (Fsp3) is 0.833. The molecule has 8 nitrogen and oxygen atoms in total. The van der Waals surface area contributed by atoms with Crippen molar-refractivity contribution in [1.82, 2.24) is 9.78 Å². The minimum absolute atomic E-state index is 0.000974. The number of esters is 1. The summed E-state index contributed by atoms with van der Waals surface area (Å²) in [6, 6.07) is 0. The van der Waals surface area contributed by atoms with Crippen LogP contribution in [0.1, 0.15) is 125 Å². The molecule has 0 aliphatic rings. The molecule has 0 spiro atoms. The Hall–Kier alpha value is -1.21. The van der Waals surface area contributed by atoms with E-state index in [-0.39, 0.29) is 23.8 Å². The molecule has 9 heteroatoms. The van der Waals surface area contributed by atoms with E-state index in [0.717, 1.165) is 11.3 Å². The maximum Gasteiger partial charge on any atom is 0.477 e. The number of rotatable bonds is 7. The van der Waals surface area contributed by atoms with E-state index in [1.54, 1.807) is 41.5 Å². The normalized spacial score (nSPS) is 14.2. The second-order valence-corrected chi connectivity index (χ2v) is 14.1. The van der Waals surface area contributed by atoms with Crippen LogP contribution in [-0.4, -0.2) is 32.6 Å². The summed E-state index contributed by atoms with van der Waals surface area (Å²) in [5, 5.41) is 4.71. The van der Waals surface area contributed by atoms with Gasteiger partial charge in [0.25, 0.3) is 0 Å². The highest BCUT2D eigenvalue weighted by Crippen LogP contribution is 2.55. The van der Waals surface area contributed by atoms with E-state index in [4.69, 9.17) is 23.4 Å². The van der Waals surface area contributed by atoms with Crippen molar-refractivity contribution in [2.75, 3.05) is 0 Å². The maximum absolute atomic E-state index is 13.5. The summed E-state index contributed by atoms with van der Waals surface area (Å²) >= 11 is 0. The highest BCUT2D eigenvalue weighted by Gasteiger charge is 2.39. The molecule has 0 saturated carbocycles. The first-order valence-electron chi connectivity index (χ1n) is 11.4. The molecule has 1 heterocycles. The highest BCUT2D eigenvalue weighted by atomic mass is 31.2. The summed E-state index contributed by atoms with van der Waals surface area (Å²) in [5.41, 5.74) is -0.771. The second-order valence-electron chi connectivity index (χ2n) is 12.6. The summed E-state index contributed by atoms with van der Waals surface area (Å²) in [5.74, 6) is -0.514. The molecule has 0 N–H and O–H groups in total. The Morgan fingerprint density at radius 2 is 1.33 bits per heavy atom. The topological polar surface area (TPSA) is 88.9 Å². The zero-order valence-electron chi connectivity index (χ0n) is 23.1. The molecule has 0 bridgehead atoms. The Labute approximate surface area is 200 Å². The lowest BCUT2D eigenvalue weighted by atomic mass is 9.85. The number of ether oxygens (including phenoxy) is 1. The number of nitrogens with zero attached hydrogens (tertiary/aromatic N) is 2. The van der Waals surface area contributed by atoms with Gasteiger partial charge in [0, 0.05) is 11.0 Å². The number of carbonyl (C=O) groups excluding carboxylic acids is 1. The number of carbonyl (C=O) groups is 1. The lowest BCUT2D eigenvalue weighted by molar-refractivity contribution is -0.0111. The third-order valence-corrected chi connectivity index (χ3v) is 5.95. The fourth-order valence-electron chi connectivity index (χ4n) is 3.08. The SMILES string of the molecule is CC(C)c1c(C(C)(C)C)nn(COP(=O)(OC(C)(C)C)OC(C)(C)C)c1C(=O)OC(C)(C)C. The van der Waals surface area contributed by atoms with Gasteiger partial charge in [-0.05, 0) is 68.2 Å². The molecular weight excluding hydrogens is 443 g/mol. The van der Waals surface area contributed by atoms with Crippen LogP contribution >= 0.6 is 7.82 Å². The number of phosphoric ester groups is 1. The van der Waals surface area contributed by atoms with Crippen molar-refractivity contribution in [3.63, 3.8) is 0 Å². The lowest BCUT2D eigenvalue weighted by Crippen LogP contribution is -2.28. The molecule has 0 saturated heterocycles. The molecule has 33 heavy (non-hydrogen) atoms. The van der Waals surface area contributed by atoms with Gasteiger partial charge in [0.2, 0.25) is 0 Å². The predicted molar refractivity (Wildman–Crippen MR) is 131 cm³/mol. The molecule has 0 amide bonds. The number of aromatic nitrogens is 2. The van der Waals surface area contributed by atoms with Crippen molar-refractivity contribution < 1.29 is 27.7 Å². The highest BCUT2D eigenvalue weighted by molar-refractivity contribution is 7.48. The first kappa shape index (κ1) is 29.8. The largest absolute Gasteiger partial charge is 0.477 e. The third kappa shape index (κ3) is 9.51. The third-order valence-electron chi connectivity index (χ3n) is 3.98. The van der Waals surface area contributed by atoms with Crippen molar-refractivity contribution in [1.29, 1.82) is 0 Å². The zero-order valence-corrected chi connectivity index (χ0v) is 24.0. The minimum Gasteiger partial charge on any atom is -0.455 e. The van der Waals surface area contributed by atoms with Crippen LogP contribution in [0.2, 0.25) is 0 Å². The molecule has 0 atom stereocenters. The average Bonchev–Trinajstić information content (AvgIpc) is 2.87. The van der Waals surface area contributed by atoms with Gasteiger partial charge in [-0.2, -0.15) is 5.10 Å². The fourth-order valence-corrected chi connectivity index (χ4v) is 4.81. The Balaban J connectivity index is 3.57. The van der Waals surface area contributed by atoms with Crippen molar-refractivity contribution in [2.45, 2.75) is 132 Å². The molecule has 0 aliphatic heterocycles. The summed E-state index contributed by atoms with van der Waals surface area (Å²) in [6.45, 7) is 25.8. The molecule has 0 fully saturated rings. The standard InChI is InChI=1S/C24H45N2O6P/c1-16(2)17-18(20(27)30-22(6,7)8)26(25-19(17)21(3,4)5)15-29-33(28,31-23(9,10)11)32-24(12,13)14/h16H,15H2,1-14H3. The van der Waals surface area contributed by atoms with Gasteiger partial charge in [-0.3, -0.25) is 13.6 Å². The predicted octanol–water partition coefficient (Wildman–Crippen LogP) is 6.97. The van der Waals surface area contributed by atoms with E-state index in [9.17, 15) is 9.36 Å². The van der Waals surface area contributed by atoms with Gasteiger partial charge >= 0.3 is 13.8 Å². The molecule has 1 aromatic heterocycles. The molecule has 192 valence electrons. The Kier molecular flexibility index (Phi) is 8.86. The Morgan fingerprint density at radius 1 is 0.879 bits per heavy atom. The summed E-state index contributed by atoms with van der Waals surface area (Å²) < 4.78 is 37.8. The minimum atomic E-state index is -4.00. The van der Waals surface area contributed by atoms with E-state index >= 15 is 0 Å². The van der Waals surface area contributed by atoms with Crippen LogP contribution in [0.5, 0.6) is 0 Å². The Bertz CT molecular complexity index is 857. The van der Waals surface area contributed by atoms with Gasteiger partial charge in [0.1, 0.15) is 5.60 Å². The van der Waals surface area contributed by atoms with Crippen LogP contribution in [0, 0.1) is 0 Å². The molecule has 0 aliphatic carbocycles. The second kappa shape index (κ2) is 9.80. The summed E-state index contributed by atoms with van der Waals surface area (Å²) in [7, 11) is -4.00. The van der Waals surface area contributed by atoms with Crippen molar-refractivity contribution in [3.05, 3.63) is 17.0 Å². The number of hydrogen-bond acceptors (Lipinski definition) is 7. The van der Waals surface area contributed by atoms with Gasteiger partial charge in [-0.25, -0.2) is 14.0 Å². The smallest absolute Gasteiger partial charge is 0.455 e. The van der Waals surface area contributed by atoms with E-state index in [2.05, 4.69) is 0 Å². The van der Waals surface area contributed by atoms with Crippen molar-refractivity contribution in [3.8, 4) is 0 Å². The van der Waals surface area contributed by atoms with E-state index in [0.29, 0.717) is 0 Å². The molecule has 1 aromatic rings. The van der Waals surface area contributed by atoms with Crippen LogP contribution in [0.15, 0.2) is 0 Å². The van der Waals surface area contributed by atoms with Gasteiger partial charge in [0.15, 0.2) is 12.4 Å². The van der Waals surface area contributed by atoms with Crippen LogP contribution in [0.4, 0.5) is 0 Å².